The highest BCUT2D eigenvalue weighted by Gasteiger charge is 2.20. The molecule has 3 aromatic rings. The van der Waals surface area contributed by atoms with Gasteiger partial charge in [-0.1, -0.05) is 68.4 Å². The van der Waals surface area contributed by atoms with Crippen LogP contribution < -0.4 is 10.1 Å². The molecular formula is C26H32N4O2S. The molecule has 1 atom stereocenters. The molecule has 1 aromatic heterocycles. The fourth-order valence-electron chi connectivity index (χ4n) is 3.26. The molecule has 3 rings (SSSR count). The van der Waals surface area contributed by atoms with E-state index >= 15 is 0 Å². The molecule has 1 unspecified atom stereocenters. The van der Waals surface area contributed by atoms with Crippen molar-refractivity contribution in [1.82, 2.24) is 14.8 Å². The lowest BCUT2D eigenvalue weighted by molar-refractivity contribution is -0.113. The number of aryl methyl sites for hydroxylation is 1. The van der Waals surface area contributed by atoms with Gasteiger partial charge in [0.05, 0.1) is 5.75 Å². The Labute approximate surface area is 200 Å². The van der Waals surface area contributed by atoms with Crippen molar-refractivity contribution in [3.63, 3.8) is 0 Å². The molecule has 0 aliphatic heterocycles. The van der Waals surface area contributed by atoms with E-state index in [-0.39, 0.29) is 23.2 Å². The number of thioether (sulfide) groups is 1. The average Bonchev–Trinajstić information content (AvgIpc) is 3.17. The lowest BCUT2D eigenvalue weighted by Gasteiger charge is -2.20. The van der Waals surface area contributed by atoms with E-state index in [0.717, 1.165) is 17.0 Å². The van der Waals surface area contributed by atoms with Gasteiger partial charge in [-0.25, -0.2) is 0 Å². The number of ether oxygens (including phenoxy) is 1. The monoisotopic (exact) mass is 464 g/mol. The summed E-state index contributed by atoms with van der Waals surface area (Å²) < 4.78 is 8.07. The second kappa shape index (κ2) is 10.7. The third kappa shape index (κ3) is 6.71. The molecule has 1 N–H and O–H groups in total. The summed E-state index contributed by atoms with van der Waals surface area (Å²) in [6, 6.07) is 15.9. The van der Waals surface area contributed by atoms with Crippen LogP contribution in [0.1, 0.15) is 50.8 Å². The number of hydrogen-bond acceptors (Lipinski definition) is 5. The summed E-state index contributed by atoms with van der Waals surface area (Å²) in [5.41, 5.74) is 3.26. The van der Waals surface area contributed by atoms with Gasteiger partial charge in [-0.3, -0.25) is 9.36 Å². The zero-order valence-corrected chi connectivity index (χ0v) is 20.8. The number of carbonyl (C=O) groups is 1. The van der Waals surface area contributed by atoms with E-state index < -0.39 is 0 Å². The minimum absolute atomic E-state index is 0.0894. The summed E-state index contributed by atoms with van der Waals surface area (Å²) in [4.78, 5) is 12.4. The van der Waals surface area contributed by atoms with Crippen molar-refractivity contribution in [2.24, 2.45) is 0 Å². The molecule has 0 aliphatic carbocycles. The Morgan fingerprint density at radius 2 is 1.82 bits per heavy atom. The average molecular weight is 465 g/mol. The highest BCUT2D eigenvalue weighted by Crippen LogP contribution is 2.28. The van der Waals surface area contributed by atoms with Crippen LogP contribution in [0.3, 0.4) is 0 Å². The van der Waals surface area contributed by atoms with E-state index in [0.29, 0.717) is 17.5 Å². The Bertz CT molecular complexity index is 1080. The quantitative estimate of drug-likeness (QED) is 0.313. The van der Waals surface area contributed by atoms with Crippen molar-refractivity contribution in [2.45, 2.75) is 57.8 Å². The summed E-state index contributed by atoms with van der Waals surface area (Å²) in [6.45, 7) is 14.9. The van der Waals surface area contributed by atoms with E-state index in [4.69, 9.17) is 4.74 Å². The molecule has 1 heterocycles. The van der Waals surface area contributed by atoms with Gasteiger partial charge in [0, 0.05) is 12.2 Å². The molecule has 0 saturated heterocycles. The molecule has 6 nitrogen and oxygen atoms in total. The highest BCUT2D eigenvalue weighted by atomic mass is 32.2. The molecule has 0 saturated carbocycles. The molecule has 0 spiro atoms. The zero-order valence-electron chi connectivity index (χ0n) is 20.0. The topological polar surface area (TPSA) is 69.0 Å². The number of nitrogens with zero attached hydrogens (tertiary/aromatic N) is 3. The van der Waals surface area contributed by atoms with Crippen molar-refractivity contribution in [3.05, 3.63) is 78.1 Å². The molecule has 7 heteroatoms. The first-order chi connectivity index (χ1) is 15.7. The van der Waals surface area contributed by atoms with Crippen LogP contribution in [-0.4, -0.2) is 26.4 Å². The number of hydrogen-bond donors (Lipinski definition) is 1. The summed E-state index contributed by atoms with van der Waals surface area (Å²) >= 11 is 1.34. The fourth-order valence-corrected chi connectivity index (χ4v) is 4.02. The largest absolute Gasteiger partial charge is 0.483 e. The van der Waals surface area contributed by atoms with Gasteiger partial charge in [0.2, 0.25) is 5.91 Å². The van der Waals surface area contributed by atoms with Gasteiger partial charge in [-0.15, -0.1) is 16.8 Å². The molecule has 0 aliphatic rings. The number of allylic oxidation sites excluding steroid dienone is 1. The maximum Gasteiger partial charge on any atom is 0.234 e. The predicted octanol–water partition coefficient (Wildman–Crippen LogP) is 5.94. The molecule has 0 fully saturated rings. The van der Waals surface area contributed by atoms with Crippen molar-refractivity contribution >= 4 is 23.4 Å². The van der Waals surface area contributed by atoms with Gasteiger partial charge in [0.15, 0.2) is 17.1 Å². The Kier molecular flexibility index (Phi) is 7.97. The van der Waals surface area contributed by atoms with Gasteiger partial charge in [0.25, 0.3) is 0 Å². The first-order valence-corrected chi connectivity index (χ1v) is 12.0. The Morgan fingerprint density at radius 1 is 1.15 bits per heavy atom. The van der Waals surface area contributed by atoms with Crippen LogP contribution in [0.4, 0.5) is 5.69 Å². The standard InChI is InChI=1S/C26H32N4O2S/c1-7-16-30-24(19(3)32-22-14-10-20(11-15-22)26(4,5)6)28-29-25(30)33-17-23(31)27-21-12-8-18(2)9-13-21/h7-15,19H,1,16-17H2,2-6H3,(H,27,31). The second-order valence-corrected chi connectivity index (χ2v) is 9.92. The maximum absolute atomic E-state index is 12.4. The van der Waals surface area contributed by atoms with Crippen LogP contribution in [0.2, 0.25) is 0 Å². The highest BCUT2D eigenvalue weighted by molar-refractivity contribution is 7.99. The van der Waals surface area contributed by atoms with E-state index in [1.54, 1.807) is 6.08 Å². The Balaban J connectivity index is 1.66. The fraction of sp³-hybridized carbons (Fsp3) is 0.346. The molecular weight excluding hydrogens is 432 g/mol. The van der Waals surface area contributed by atoms with Crippen molar-refractivity contribution in [2.75, 3.05) is 11.1 Å². The van der Waals surface area contributed by atoms with E-state index in [1.807, 2.05) is 54.8 Å². The molecule has 2 aromatic carbocycles. The SMILES string of the molecule is C=CCn1c(SCC(=O)Nc2ccc(C)cc2)nnc1C(C)Oc1ccc(C(C)(C)C)cc1. The summed E-state index contributed by atoms with van der Waals surface area (Å²) in [6.07, 6.45) is 1.47. The number of aromatic nitrogens is 3. The van der Waals surface area contributed by atoms with E-state index in [1.165, 1.54) is 17.3 Å². The van der Waals surface area contributed by atoms with Gasteiger partial charge >= 0.3 is 0 Å². The molecule has 0 bridgehead atoms. The smallest absolute Gasteiger partial charge is 0.234 e. The van der Waals surface area contributed by atoms with Crippen LogP contribution >= 0.6 is 11.8 Å². The Hall–Kier alpha value is -3.06. The first kappa shape index (κ1) is 24.6. The maximum atomic E-state index is 12.4. The first-order valence-electron chi connectivity index (χ1n) is 11.0. The van der Waals surface area contributed by atoms with Gasteiger partial charge in [-0.2, -0.15) is 0 Å². The minimum Gasteiger partial charge on any atom is -0.483 e. The number of anilines is 1. The minimum atomic E-state index is -0.311. The van der Waals surface area contributed by atoms with Crippen LogP contribution in [0.25, 0.3) is 0 Å². The van der Waals surface area contributed by atoms with Gasteiger partial charge in [0.1, 0.15) is 5.75 Å². The number of nitrogens with one attached hydrogen (secondary N) is 1. The lowest BCUT2D eigenvalue weighted by Crippen LogP contribution is -2.15. The van der Waals surface area contributed by atoms with Crippen LogP contribution in [0, 0.1) is 6.92 Å². The zero-order chi connectivity index (χ0) is 24.0. The van der Waals surface area contributed by atoms with Gasteiger partial charge in [-0.05, 0) is 49.1 Å². The number of carbonyl (C=O) groups excluding carboxylic acids is 1. The van der Waals surface area contributed by atoms with Crippen molar-refractivity contribution in [3.8, 4) is 5.75 Å². The van der Waals surface area contributed by atoms with Crippen LogP contribution in [-0.2, 0) is 16.8 Å². The van der Waals surface area contributed by atoms with Crippen LogP contribution in [0.5, 0.6) is 5.75 Å². The van der Waals surface area contributed by atoms with E-state index in [2.05, 4.69) is 55.0 Å². The number of rotatable bonds is 9. The number of amides is 1. The molecule has 0 radical (unpaired) electrons. The molecule has 1 amide bonds. The number of benzene rings is 2. The van der Waals surface area contributed by atoms with Gasteiger partial charge < -0.3 is 10.1 Å². The summed E-state index contributed by atoms with van der Waals surface area (Å²) in [7, 11) is 0. The molecule has 33 heavy (non-hydrogen) atoms. The summed E-state index contributed by atoms with van der Waals surface area (Å²) in [5.74, 6) is 1.60. The predicted molar refractivity (Wildman–Crippen MR) is 135 cm³/mol. The third-order valence-electron chi connectivity index (χ3n) is 5.12. The third-order valence-corrected chi connectivity index (χ3v) is 6.09. The van der Waals surface area contributed by atoms with Crippen molar-refractivity contribution < 1.29 is 9.53 Å². The van der Waals surface area contributed by atoms with E-state index in [9.17, 15) is 4.79 Å². The normalized spacial score (nSPS) is 12.3. The molecule has 174 valence electrons. The Morgan fingerprint density at radius 3 is 2.42 bits per heavy atom. The van der Waals surface area contributed by atoms with Crippen molar-refractivity contribution in [1.29, 1.82) is 0 Å². The van der Waals surface area contributed by atoms with Crippen LogP contribution in [0.15, 0.2) is 66.3 Å². The second-order valence-electron chi connectivity index (χ2n) is 8.98. The lowest BCUT2D eigenvalue weighted by atomic mass is 9.87. The summed E-state index contributed by atoms with van der Waals surface area (Å²) in [5, 5.41) is 12.2.